The van der Waals surface area contributed by atoms with E-state index in [4.69, 9.17) is 27.9 Å². The van der Waals surface area contributed by atoms with Crippen LogP contribution in [0.2, 0.25) is 0 Å². The number of carbonyl (C=O) groups is 4. The van der Waals surface area contributed by atoms with Crippen LogP contribution in [0, 0.1) is 17.8 Å². The fourth-order valence-corrected chi connectivity index (χ4v) is 8.52. The minimum Gasteiger partial charge on any atom is -0.508 e. The third kappa shape index (κ3) is 3.55. The molecule has 2 aliphatic heterocycles. The second-order valence-corrected chi connectivity index (χ2v) is 13.1. The van der Waals surface area contributed by atoms with Crippen molar-refractivity contribution < 1.29 is 29.0 Å². The van der Waals surface area contributed by atoms with E-state index in [1.165, 1.54) is 18.1 Å². The van der Waals surface area contributed by atoms with Gasteiger partial charge in [-0.3, -0.25) is 29.0 Å². The van der Waals surface area contributed by atoms with Crippen molar-refractivity contribution in [2.75, 3.05) is 17.5 Å². The summed E-state index contributed by atoms with van der Waals surface area (Å²) in [7, 11) is 1.46. The van der Waals surface area contributed by atoms with Crippen LogP contribution in [0.1, 0.15) is 24.3 Å². The summed E-state index contributed by atoms with van der Waals surface area (Å²) in [5.74, 6) is -5.19. The van der Waals surface area contributed by atoms with Crippen molar-refractivity contribution in [3.05, 3.63) is 64.1 Å². The molecule has 0 aromatic heterocycles. The average Bonchev–Trinajstić information content (AvgIpc) is 3.27. The first-order valence-electron chi connectivity index (χ1n) is 12.5. The van der Waals surface area contributed by atoms with E-state index >= 15 is 0 Å². The topological polar surface area (TPSA) is 104 Å². The van der Waals surface area contributed by atoms with Gasteiger partial charge in [0.15, 0.2) is 9.75 Å². The maximum Gasteiger partial charge on any atom is 0.254 e. The summed E-state index contributed by atoms with van der Waals surface area (Å²) in [6, 6.07) is 11.4. The minimum atomic E-state index is -2.00. The van der Waals surface area contributed by atoms with Crippen LogP contribution >= 0.6 is 55.1 Å². The van der Waals surface area contributed by atoms with Crippen LogP contribution in [0.25, 0.3) is 0 Å². The molecule has 1 saturated carbocycles. The Morgan fingerprint density at radius 1 is 1.02 bits per heavy atom. The number of imide groups is 2. The molecule has 40 heavy (non-hydrogen) atoms. The number of fused-ring (bicyclic) bond motifs is 4. The molecule has 0 bridgehead atoms. The number of benzene rings is 2. The summed E-state index contributed by atoms with van der Waals surface area (Å²) in [6.07, 6.45) is 1.91. The molecule has 2 heterocycles. The van der Waals surface area contributed by atoms with Gasteiger partial charge in [0.25, 0.3) is 11.8 Å². The number of hydrogen-bond acceptors (Lipinski definition) is 6. The fourth-order valence-electron chi connectivity index (χ4n) is 6.83. The monoisotopic (exact) mass is 710 g/mol. The van der Waals surface area contributed by atoms with Gasteiger partial charge in [0.1, 0.15) is 11.5 Å². The number of alkyl halides is 3. The minimum absolute atomic E-state index is 0.130. The summed E-state index contributed by atoms with van der Waals surface area (Å²) in [6.45, 7) is 0. The van der Waals surface area contributed by atoms with Crippen LogP contribution in [0.15, 0.2) is 58.6 Å². The number of likely N-dealkylation sites (tertiary alicyclic amines) is 1. The van der Waals surface area contributed by atoms with E-state index in [0.717, 1.165) is 9.37 Å². The zero-order chi connectivity index (χ0) is 28.7. The maximum absolute atomic E-state index is 14.0. The molecule has 1 N–H and O–H groups in total. The third-order valence-electron chi connectivity index (χ3n) is 8.65. The second-order valence-electron chi connectivity index (χ2n) is 10.4. The first-order chi connectivity index (χ1) is 19.0. The van der Waals surface area contributed by atoms with E-state index < -0.39 is 51.1 Å². The number of ether oxygens (including phenoxy) is 1. The highest BCUT2D eigenvalue weighted by Gasteiger charge is 2.76. The van der Waals surface area contributed by atoms with Crippen molar-refractivity contribution in [2.45, 2.75) is 28.5 Å². The Morgan fingerprint density at radius 3 is 2.38 bits per heavy atom. The van der Waals surface area contributed by atoms with Crippen LogP contribution in [0.4, 0.5) is 5.69 Å². The normalized spacial score (nSPS) is 33.1. The molecule has 3 fully saturated rings. The van der Waals surface area contributed by atoms with E-state index in [2.05, 4.69) is 31.9 Å². The Hall–Kier alpha value is -2.40. The number of rotatable bonds is 4. The average molecular weight is 713 g/mol. The fraction of sp³-hybridized carbons (Fsp3) is 0.357. The first-order valence-corrected chi connectivity index (χ1v) is 15.2. The number of allylic oxidation sites excluding steroid dienone is 2. The van der Waals surface area contributed by atoms with Crippen molar-refractivity contribution in [1.82, 2.24) is 4.90 Å². The number of amides is 4. The van der Waals surface area contributed by atoms with Gasteiger partial charge in [0, 0.05) is 16.0 Å². The molecular formula is C28H22Br2Cl2N2O6. The molecule has 2 aliphatic carbocycles. The molecule has 8 nitrogen and oxygen atoms in total. The molecular weight excluding hydrogens is 691 g/mol. The second kappa shape index (κ2) is 9.58. The summed E-state index contributed by atoms with van der Waals surface area (Å²) >= 11 is 21.0. The van der Waals surface area contributed by atoms with E-state index in [-0.39, 0.29) is 35.5 Å². The van der Waals surface area contributed by atoms with Gasteiger partial charge < -0.3 is 9.84 Å². The van der Waals surface area contributed by atoms with E-state index in [1.807, 2.05) is 6.08 Å². The Balaban J connectivity index is 1.54. The number of halogens is 4. The van der Waals surface area contributed by atoms with Gasteiger partial charge in [0.2, 0.25) is 11.8 Å². The summed E-state index contributed by atoms with van der Waals surface area (Å²) in [4.78, 5) is 53.3. The van der Waals surface area contributed by atoms with Crippen molar-refractivity contribution in [2.24, 2.45) is 17.8 Å². The Bertz CT molecular complexity index is 1520. The molecule has 6 rings (SSSR count). The number of phenols is 1. The number of aromatic hydroxyl groups is 1. The van der Waals surface area contributed by atoms with Gasteiger partial charge in [-0.25, -0.2) is 0 Å². The molecule has 208 valence electrons. The first kappa shape index (κ1) is 27.8. The van der Waals surface area contributed by atoms with Gasteiger partial charge in [-0.15, -0.1) is 23.2 Å². The van der Waals surface area contributed by atoms with E-state index in [0.29, 0.717) is 17.0 Å². The third-order valence-corrected chi connectivity index (χ3v) is 11.1. The summed E-state index contributed by atoms with van der Waals surface area (Å²) < 4.78 is 6.18. The Labute approximate surface area is 256 Å². The lowest BCUT2D eigenvalue weighted by Gasteiger charge is -2.50. The molecule has 4 amide bonds. The lowest BCUT2D eigenvalue weighted by Crippen LogP contribution is -2.60. The number of carbonyl (C=O) groups excluding carboxylic acids is 4. The van der Waals surface area contributed by atoms with Gasteiger partial charge >= 0.3 is 0 Å². The highest BCUT2D eigenvalue weighted by atomic mass is 79.9. The van der Waals surface area contributed by atoms with Crippen molar-refractivity contribution in [3.63, 3.8) is 0 Å². The zero-order valence-electron chi connectivity index (χ0n) is 20.9. The molecule has 0 spiro atoms. The predicted octanol–water partition coefficient (Wildman–Crippen LogP) is 5.08. The summed E-state index contributed by atoms with van der Waals surface area (Å²) in [5, 5.41) is 11.0. The summed E-state index contributed by atoms with van der Waals surface area (Å²) in [5.41, 5.74) is 1.15. The van der Waals surface area contributed by atoms with E-state index in [1.54, 1.807) is 36.4 Å². The quantitative estimate of drug-likeness (QED) is 0.205. The smallest absolute Gasteiger partial charge is 0.254 e. The molecule has 12 heteroatoms. The highest BCUT2D eigenvalue weighted by molar-refractivity contribution is 9.10. The highest BCUT2D eigenvalue weighted by Crippen LogP contribution is 2.66. The van der Waals surface area contributed by atoms with Gasteiger partial charge in [0.05, 0.1) is 30.1 Å². The van der Waals surface area contributed by atoms with Gasteiger partial charge in [-0.05, 0) is 61.2 Å². The van der Waals surface area contributed by atoms with Crippen LogP contribution in [-0.4, -0.2) is 55.9 Å². The lowest BCUT2D eigenvalue weighted by molar-refractivity contribution is -0.138. The SMILES string of the molecule is COc1ccc(O)c(C2C3=CCC4C(=O)N(c5ccc(Br)cc5)C(=O)C4C3CC3(Cl)C(=O)N(CBr)C(=O)C23Cl)c1. The van der Waals surface area contributed by atoms with Crippen LogP contribution in [-0.2, 0) is 19.2 Å². The molecule has 0 radical (unpaired) electrons. The lowest BCUT2D eigenvalue weighted by atomic mass is 9.56. The van der Waals surface area contributed by atoms with Crippen molar-refractivity contribution in [1.29, 1.82) is 0 Å². The molecule has 2 saturated heterocycles. The van der Waals surface area contributed by atoms with Crippen molar-refractivity contribution >= 4 is 84.4 Å². The Kier molecular flexibility index (Phi) is 6.64. The number of anilines is 1. The predicted molar refractivity (Wildman–Crippen MR) is 155 cm³/mol. The molecule has 6 unspecified atom stereocenters. The standard InChI is InChI=1S/C28H22Br2Cl2N2O6/c1-40-15-6-9-20(35)18(10-15)22-16-7-8-17-21(24(37)34(23(17)36)14-4-2-13(30)3-5-14)19(16)11-27(31)25(38)33(12-29)26(39)28(22,27)32/h2-7,9-10,17,19,21-22,35H,8,11-12H2,1H3. The number of nitrogens with zero attached hydrogens (tertiary/aromatic N) is 2. The number of methoxy groups -OCH3 is 1. The van der Waals surface area contributed by atoms with Crippen molar-refractivity contribution in [3.8, 4) is 11.5 Å². The molecule has 6 atom stereocenters. The maximum atomic E-state index is 14.0. The number of hydrogen-bond donors (Lipinski definition) is 1. The molecule has 2 aromatic rings. The van der Waals surface area contributed by atoms with Gasteiger partial charge in [-0.2, -0.15) is 0 Å². The van der Waals surface area contributed by atoms with Crippen LogP contribution in [0.5, 0.6) is 11.5 Å². The van der Waals surface area contributed by atoms with Crippen LogP contribution < -0.4 is 9.64 Å². The van der Waals surface area contributed by atoms with Crippen LogP contribution in [0.3, 0.4) is 0 Å². The van der Waals surface area contributed by atoms with Gasteiger partial charge in [-0.1, -0.05) is 43.5 Å². The largest absolute Gasteiger partial charge is 0.508 e. The number of phenolic OH excluding ortho intramolecular Hbond substituents is 1. The molecule has 4 aliphatic rings. The van der Waals surface area contributed by atoms with E-state index in [9.17, 15) is 24.3 Å². The molecule has 2 aromatic carbocycles. The Morgan fingerprint density at radius 2 is 1.73 bits per heavy atom. The zero-order valence-corrected chi connectivity index (χ0v) is 25.6.